The number of thiazole rings is 2. The lowest BCUT2D eigenvalue weighted by atomic mass is 10.2. The summed E-state index contributed by atoms with van der Waals surface area (Å²) in [7, 11) is 0. The highest BCUT2D eigenvalue weighted by molar-refractivity contribution is 7.98. The Morgan fingerprint density at radius 3 is 3.04 bits per heavy atom. The van der Waals surface area contributed by atoms with Crippen LogP contribution in [0.1, 0.15) is 41.0 Å². The smallest absolute Gasteiger partial charge is 0.223 e. The van der Waals surface area contributed by atoms with Gasteiger partial charge in [0.15, 0.2) is 0 Å². The van der Waals surface area contributed by atoms with Gasteiger partial charge >= 0.3 is 0 Å². The van der Waals surface area contributed by atoms with Crippen LogP contribution in [0, 0.1) is 6.92 Å². The fourth-order valence-electron chi connectivity index (χ4n) is 3.31. The van der Waals surface area contributed by atoms with Crippen LogP contribution in [-0.4, -0.2) is 33.1 Å². The van der Waals surface area contributed by atoms with E-state index in [1.807, 2.05) is 30.0 Å². The van der Waals surface area contributed by atoms with Crippen molar-refractivity contribution >= 4 is 50.6 Å². The quantitative estimate of drug-likeness (QED) is 0.541. The number of benzene rings is 1. The maximum Gasteiger partial charge on any atom is 0.223 e. The van der Waals surface area contributed by atoms with Gasteiger partial charge in [0.05, 0.1) is 27.0 Å². The summed E-state index contributed by atoms with van der Waals surface area (Å²) in [5.41, 5.74) is 2.17. The van der Waals surface area contributed by atoms with E-state index in [1.54, 1.807) is 34.4 Å². The molecule has 7 heteroatoms. The van der Waals surface area contributed by atoms with E-state index in [2.05, 4.69) is 16.4 Å². The Kier molecular flexibility index (Phi) is 5.57. The minimum atomic E-state index is 0.158. The van der Waals surface area contributed by atoms with Crippen molar-refractivity contribution < 1.29 is 4.79 Å². The summed E-state index contributed by atoms with van der Waals surface area (Å²) >= 11 is 5.20. The van der Waals surface area contributed by atoms with Crippen molar-refractivity contribution in [2.75, 3.05) is 12.3 Å². The molecule has 0 aliphatic carbocycles. The maximum absolute atomic E-state index is 12.7. The number of fused-ring (bicyclic) bond motifs is 1. The Balaban J connectivity index is 1.34. The number of amides is 1. The summed E-state index contributed by atoms with van der Waals surface area (Å²) in [5.74, 6) is 1.99. The molecule has 1 saturated heterocycles. The zero-order valence-electron chi connectivity index (χ0n) is 14.7. The molecule has 1 aliphatic heterocycles. The molecule has 0 spiro atoms. The third-order valence-corrected chi connectivity index (χ3v) is 7.50. The predicted molar refractivity (Wildman–Crippen MR) is 111 cm³/mol. The maximum atomic E-state index is 12.7. The minimum Gasteiger partial charge on any atom is -0.333 e. The normalized spacial score (nSPS) is 17.3. The second-order valence-electron chi connectivity index (χ2n) is 6.43. The summed E-state index contributed by atoms with van der Waals surface area (Å²) < 4.78 is 1.20. The number of hydrogen-bond acceptors (Lipinski definition) is 6. The van der Waals surface area contributed by atoms with Crippen LogP contribution in [0.5, 0.6) is 0 Å². The summed E-state index contributed by atoms with van der Waals surface area (Å²) in [6.07, 6.45) is 2.68. The molecule has 26 heavy (non-hydrogen) atoms. The Morgan fingerprint density at radius 1 is 1.35 bits per heavy atom. The zero-order chi connectivity index (χ0) is 17.9. The largest absolute Gasteiger partial charge is 0.333 e. The predicted octanol–water partition coefficient (Wildman–Crippen LogP) is 5.05. The third-order valence-electron chi connectivity index (χ3n) is 4.55. The molecule has 0 bridgehead atoms. The standard InChI is InChI=1S/C19H21N3OS3/c1-13-20-14(12-25-13)11-24-10-8-18(23)22-9-4-6-16(22)19-21-15-5-2-3-7-17(15)26-19/h2-3,5,7,12,16H,4,6,8-11H2,1H3/t16-/m0/s1. The van der Waals surface area contributed by atoms with Crippen molar-refractivity contribution in [3.8, 4) is 0 Å². The van der Waals surface area contributed by atoms with Gasteiger partial charge in [0.2, 0.25) is 5.91 Å². The minimum absolute atomic E-state index is 0.158. The van der Waals surface area contributed by atoms with Crippen LogP contribution in [0.4, 0.5) is 0 Å². The van der Waals surface area contributed by atoms with Crippen LogP contribution in [-0.2, 0) is 10.5 Å². The molecule has 3 heterocycles. The van der Waals surface area contributed by atoms with Crippen LogP contribution in [0.3, 0.4) is 0 Å². The lowest BCUT2D eigenvalue weighted by Gasteiger charge is -2.23. The van der Waals surface area contributed by atoms with Crippen LogP contribution in [0.15, 0.2) is 29.6 Å². The number of para-hydroxylation sites is 1. The molecule has 1 aromatic carbocycles. The van der Waals surface area contributed by atoms with Gasteiger partial charge in [-0.3, -0.25) is 4.79 Å². The first kappa shape index (κ1) is 17.9. The molecule has 4 rings (SSSR count). The van der Waals surface area contributed by atoms with Crippen molar-refractivity contribution in [3.05, 3.63) is 45.4 Å². The van der Waals surface area contributed by atoms with E-state index < -0.39 is 0 Å². The Hall–Kier alpha value is -1.44. The first-order valence-electron chi connectivity index (χ1n) is 8.84. The van der Waals surface area contributed by atoms with Crippen molar-refractivity contribution in [2.45, 2.75) is 38.0 Å². The molecule has 1 atom stereocenters. The van der Waals surface area contributed by atoms with Crippen LogP contribution < -0.4 is 0 Å². The Labute approximate surface area is 165 Å². The van der Waals surface area contributed by atoms with Crippen molar-refractivity contribution in [1.29, 1.82) is 0 Å². The molecule has 136 valence electrons. The van der Waals surface area contributed by atoms with Gasteiger partial charge in [0, 0.05) is 29.9 Å². The molecule has 0 saturated carbocycles. The van der Waals surface area contributed by atoms with Gasteiger partial charge in [-0.2, -0.15) is 11.8 Å². The number of rotatable bonds is 6. The highest BCUT2D eigenvalue weighted by Crippen LogP contribution is 2.36. The average Bonchev–Trinajstić information content (AvgIpc) is 3.36. The Morgan fingerprint density at radius 2 is 2.23 bits per heavy atom. The van der Waals surface area contributed by atoms with E-state index in [-0.39, 0.29) is 11.9 Å². The molecule has 0 unspecified atom stereocenters. The van der Waals surface area contributed by atoms with E-state index in [1.165, 1.54) is 4.70 Å². The van der Waals surface area contributed by atoms with Crippen LogP contribution in [0.2, 0.25) is 0 Å². The fourth-order valence-corrected chi connectivity index (χ4v) is 5.96. The topological polar surface area (TPSA) is 46.1 Å². The molecule has 1 fully saturated rings. The number of carbonyl (C=O) groups excluding carboxylic acids is 1. The number of aromatic nitrogens is 2. The molecule has 0 radical (unpaired) electrons. The molecule has 1 amide bonds. The molecule has 0 N–H and O–H groups in total. The number of nitrogens with zero attached hydrogens (tertiary/aromatic N) is 3. The van der Waals surface area contributed by atoms with E-state index in [0.717, 1.165) is 52.1 Å². The molecule has 3 aromatic rings. The average molecular weight is 404 g/mol. The van der Waals surface area contributed by atoms with E-state index in [9.17, 15) is 4.79 Å². The second kappa shape index (κ2) is 8.06. The van der Waals surface area contributed by atoms with Gasteiger partial charge in [-0.15, -0.1) is 22.7 Å². The van der Waals surface area contributed by atoms with Gasteiger partial charge in [0.1, 0.15) is 5.01 Å². The van der Waals surface area contributed by atoms with E-state index >= 15 is 0 Å². The van der Waals surface area contributed by atoms with E-state index in [4.69, 9.17) is 4.98 Å². The first-order valence-corrected chi connectivity index (χ1v) is 11.7. The SMILES string of the molecule is Cc1nc(CSCCC(=O)N2CCC[C@H]2c2nc3ccccc3s2)cs1. The number of carbonyl (C=O) groups is 1. The summed E-state index contributed by atoms with van der Waals surface area (Å²) in [4.78, 5) is 24.0. The lowest BCUT2D eigenvalue weighted by molar-refractivity contribution is -0.131. The molecule has 4 nitrogen and oxygen atoms in total. The molecule has 1 aliphatic rings. The summed E-state index contributed by atoms with van der Waals surface area (Å²) in [5, 5.41) is 4.29. The van der Waals surface area contributed by atoms with Crippen molar-refractivity contribution in [3.63, 3.8) is 0 Å². The fraction of sp³-hybridized carbons (Fsp3) is 0.421. The second-order valence-corrected chi connectivity index (χ2v) is 9.66. The number of aryl methyl sites for hydroxylation is 1. The number of thioether (sulfide) groups is 1. The molecular weight excluding hydrogens is 382 g/mol. The highest BCUT2D eigenvalue weighted by Gasteiger charge is 2.31. The van der Waals surface area contributed by atoms with Gasteiger partial charge in [-0.25, -0.2) is 9.97 Å². The first-order chi connectivity index (χ1) is 12.7. The van der Waals surface area contributed by atoms with Gasteiger partial charge in [-0.1, -0.05) is 12.1 Å². The summed E-state index contributed by atoms with van der Waals surface area (Å²) in [6.45, 7) is 2.88. The number of hydrogen-bond donors (Lipinski definition) is 0. The van der Waals surface area contributed by atoms with Crippen molar-refractivity contribution in [2.24, 2.45) is 0 Å². The lowest BCUT2D eigenvalue weighted by Crippen LogP contribution is -2.30. The van der Waals surface area contributed by atoms with Crippen molar-refractivity contribution in [1.82, 2.24) is 14.9 Å². The summed E-state index contributed by atoms with van der Waals surface area (Å²) in [6, 6.07) is 8.38. The van der Waals surface area contributed by atoms with E-state index in [0.29, 0.717) is 6.42 Å². The monoisotopic (exact) mass is 403 g/mol. The zero-order valence-corrected chi connectivity index (χ0v) is 17.1. The highest BCUT2D eigenvalue weighted by atomic mass is 32.2. The third kappa shape index (κ3) is 3.94. The van der Waals surface area contributed by atoms with Crippen LogP contribution in [0.25, 0.3) is 10.2 Å². The van der Waals surface area contributed by atoms with Gasteiger partial charge in [0.25, 0.3) is 0 Å². The Bertz CT molecular complexity index is 871. The molecule has 2 aromatic heterocycles. The number of likely N-dealkylation sites (tertiary alicyclic amines) is 1. The van der Waals surface area contributed by atoms with Crippen LogP contribution >= 0.6 is 34.4 Å². The molecular formula is C19H21N3OS3. The van der Waals surface area contributed by atoms with Gasteiger partial charge < -0.3 is 4.90 Å². The van der Waals surface area contributed by atoms with Gasteiger partial charge in [-0.05, 0) is 31.9 Å².